The molecule has 2 rings (SSSR count). The molecule has 0 unspecified atom stereocenters. The molecule has 0 aromatic heterocycles. The molecule has 0 heterocycles. The number of ether oxygens (including phenoxy) is 1. The predicted octanol–water partition coefficient (Wildman–Crippen LogP) is 1.18. The summed E-state index contributed by atoms with van der Waals surface area (Å²) in [5, 5.41) is 0. The number of nitrogens with zero attached hydrogens (tertiary/aromatic N) is 1. The normalized spacial score (nSPS) is 23.5. The third kappa shape index (κ3) is 3.35. The molecule has 74 valence electrons. The Balaban J connectivity index is 1.49. The summed E-state index contributed by atoms with van der Waals surface area (Å²) in [7, 11) is 0. The average molecular weight is 182 g/mol. The Hall–Kier alpha value is -0.570. The summed E-state index contributed by atoms with van der Waals surface area (Å²) in [6, 6.07) is 0. The van der Waals surface area contributed by atoms with Crippen molar-refractivity contribution < 1.29 is 4.74 Å². The van der Waals surface area contributed by atoms with E-state index < -0.39 is 0 Å². The van der Waals surface area contributed by atoms with Gasteiger partial charge in [0.15, 0.2) is 0 Å². The topological polar surface area (TPSA) is 47.6 Å². The van der Waals surface area contributed by atoms with Crippen LogP contribution in [0, 0.1) is 11.8 Å². The maximum Gasteiger partial charge on any atom is 0.0969 e. The van der Waals surface area contributed by atoms with Crippen molar-refractivity contribution in [1.29, 1.82) is 0 Å². The van der Waals surface area contributed by atoms with Gasteiger partial charge in [-0.1, -0.05) is 0 Å². The lowest BCUT2D eigenvalue weighted by Crippen LogP contribution is -2.15. The molecule has 2 aliphatic carbocycles. The first-order valence-electron chi connectivity index (χ1n) is 5.24. The van der Waals surface area contributed by atoms with Gasteiger partial charge in [0.05, 0.1) is 19.0 Å². The van der Waals surface area contributed by atoms with Gasteiger partial charge in [0.1, 0.15) is 0 Å². The van der Waals surface area contributed by atoms with Crippen molar-refractivity contribution in [3.05, 3.63) is 0 Å². The molecule has 2 saturated carbocycles. The summed E-state index contributed by atoms with van der Waals surface area (Å²) in [6.45, 7) is 2.41. The van der Waals surface area contributed by atoms with Crippen LogP contribution in [0.15, 0.2) is 4.99 Å². The van der Waals surface area contributed by atoms with Crippen LogP contribution in [0.25, 0.3) is 0 Å². The third-order valence-electron chi connectivity index (χ3n) is 2.58. The number of hydrogen-bond donors (Lipinski definition) is 1. The SMILES string of the molecule is NC(=NCCOCC1CC1)C1CC1. The van der Waals surface area contributed by atoms with Crippen LogP contribution in [-0.2, 0) is 4.74 Å². The maximum absolute atomic E-state index is 5.73. The highest BCUT2D eigenvalue weighted by atomic mass is 16.5. The molecule has 0 radical (unpaired) electrons. The van der Waals surface area contributed by atoms with Crippen LogP contribution < -0.4 is 5.73 Å². The minimum absolute atomic E-state index is 0.600. The molecule has 0 bridgehead atoms. The number of nitrogens with two attached hydrogens (primary N) is 1. The molecule has 0 aromatic rings. The molecule has 2 N–H and O–H groups in total. The lowest BCUT2D eigenvalue weighted by Gasteiger charge is -2.00. The number of rotatable bonds is 6. The van der Waals surface area contributed by atoms with Crippen LogP contribution in [0.2, 0.25) is 0 Å². The molecule has 0 amide bonds. The van der Waals surface area contributed by atoms with Crippen molar-refractivity contribution in [3.63, 3.8) is 0 Å². The van der Waals surface area contributed by atoms with Crippen LogP contribution in [0.3, 0.4) is 0 Å². The molecule has 2 aliphatic rings. The fourth-order valence-corrected chi connectivity index (χ4v) is 1.28. The Morgan fingerprint density at radius 2 is 2.08 bits per heavy atom. The minimum Gasteiger partial charge on any atom is -0.387 e. The van der Waals surface area contributed by atoms with E-state index in [2.05, 4.69) is 4.99 Å². The van der Waals surface area contributed by atoms with Crippen molar-refractivity contribution in [2.24, 2.45) is 22.6 Å². The molecule has 0 aromatic carbocycles. The van der Waals surface area contributed by atoms with E-state index in [1.54, 1.807) is 0 Å². The van der Waals surface area contributed by atoms with Crippen molar-refractivity contribution in [2.45, 2.75) is 25.7 Å². The van der Waals surface area contributed by atoms with Gasteiger partial charge in [-0.15, -0.1) is 0 Å². The van der Waals surface area contributed by atoms with Gasteiger partial charge in [0, 0.05) is 12.5 Å². The largest absolute Gasteiger partial charge is 0.387 e. The first-order chi connectivity index (χ1) is 6.36. The first-order valence-corrected chi connectivity index (χ1v) is 5.24. The first kappa shape index (κ1) is 9.00. The van der Waals surface area contributed by atoms with Gasteiger partial charge in [-0.2, -0.15) is 0 Å². The highest BCUT2D eigenvalue weighted by molar-refractivity contribution is 5.84. The monoisotopic (exact) mass is 182 g/mol. The molecular weight excluding hydrogens is 164 g/mol. The van der Waals surface area contributed by atoms with E-state index in [-0.39, 0.29) is 0 Å². The molecule has 0 atom stereocenters. The van der Waals surface area contributed by atoms with Crippen molar-refractivity contribution in [1.82, 2.24) is 0 Å². The van der Waals surface area contributed by atoms with E-state index in [9.17, 15) is 0 Å². The fraction of sp³-hybridized carbons (Fsp3) is 0.900. The quantitative estimate of drug-likeness (QED) is 0.381. The Morgan fingerprint density at radius 3 is 2.69 bits per heavy atom. The zero-order chi connectivity index (χ0) is 9.10. The van der Waals surface area contributed by atoms with E-state index in [4.69, 9.17) is 10.5 Å². The average Bonchev–Trinajstić information content (AvgIpc) is 2.98. The second-order valence-electron chi connectivity index (χ2n) is 4.10. The smallest absolute Gasteiger partial charge is 0.0969 e. The summed E-state index contributed by atoms with van der Waals surface area (Å²) in [5.41, 5.74) is 5.73. The molecule has 3 heteroatoms. The van der Waals surface area contributed by atoms with E-state index in [0.717, 1.165) is 31.5 Å². The van der Waals surface area contributed by atoms with Crippen LogP contribution in [-0.4, -0.2) is 25.6 Å². The van der Waals surface area contributed by atoms with Crippen LogP contribution >= 0.6 is 0 Å². The van der Waals surface area contributed by atoms with E-state index in [0.29, 0.717) is 5.92 Å². The second-order valence-corrected chi connectivity index (χ2v) is 4.10. The molecule has 0 spiro atoms. The summed E-state index contributed by atoms with van der Waals surface area (Å²) in [4.78, 5) is 4.27. The molecule has 0 aliphatic heterocycles. The lowest BCUT2D eigenvalue weighted by atomic mass is 10.4. The van der Waals surface area contributed by atoms with E-state index >= 15 is 0 Å². The molecule has 13 heavy (non-hydrogen) atoms. The van der Waals surface area contributed by atoms with Crippen molar-refractivity contribution in [3.8, 4) is 0 Å². The van der Waals surface area contributed by atoms with Gasteiger partial charge in [0.25, 0.3) is 0 Å². The van der Waals surface area contributed by atoms with Gasteiger partial charge in [-0.25, -0.2) is 0 Å². The summed E-state index contributed by atoms with van der Waals surface area (Å²) in [5.74, 6) is 2.29. The Kier molecular flexibility index (Phi) is 2.83. The standard InChI is InChI=1S/C10H18N2O/c11-10(9-3-4-9)12-5-6-13-7-8-1-2-8/h8-9H,1-7H2,(H2,11,12). The zero-order valence-corrected chi connectivity index (χ0v) is 8.04. The van der Waals surface area contributed by atoms with Crippen LogP contribution in [0.1, 0.15) is 25.7 Å². The van der Waals surface area contributed by atoms with Gasteiger partial charge in [-0.05, 0) is 31.6 Å². The summed E-state index contributed by atoms with van der Waals surface area (Å²) < 4.78 is 5.45. The van der Waals surface area contributed by atoms with Gasteiger partial charge < -0.3 is 10.5 Å². The lowest BCUT2D eigenvalue weighted by molar-refractivity contribution is 0.132. The Bertz CT molecular complexity index is 195. The highest BCUT2D eigenvalue weighted by Crippen LogP contribution is 2.29. The Morgan fingerprint density at radius 1 is 1.31 bits per heavy atom. The van der Waals surface area contributed by atoms with Gasteiger partial charge in [-0.3, -0.25) is 4.99 Å². The van der Waals surface area contributed by atoms with E-state index in [1.807, 2.05) is 0 Å². The number of aliphatic imine (C=N–C) groups is 1. The maximum atomic E-state index is 5.73. The summed E-state index contributed by atoms with van der Waals surface area (Å²) >= 11 is 0. The van der Waals surface area contributed by atoms with Crippen molar-refractivity contribution in [2.75, 3.05) is 19.8 Å². The molecule has 3 nitrogen and oxygen atoms in total. The van der Waals surface area contributed by atoms with Crippen LogP contribution in [0.4, 0.5) is 0 Å². The fourth-order valence-electron chi connectivity index (χ4n) is 1.28. The third-order valence-corrected chi connectivity index (χ3v) is 2.58. The molecular formula is C10H18N2O. The summed E-state index contributed by atoms with van der Waals surface area (Å²) in [6.07, 6.45) is 5.18. The molecule has 0 saturated heterocycles. The predicted molar refractivity (Wildman–Crippen MR) is 52.8 cm³/mol. The highest BCUT2D eigenvalue weighted by Gasteiger charge is 2.25. The zero-order valence-electron chi connectivity index (χ0n) is 8.04. The van der Waals surface area contributed by atoms with E-state index in [1.165, 1.54) is 25.7 Å². The Labute approximate surface area is 79.4 Å². The van der Waals surface area contributed by atoms with Gasteiger partial charge in [0.2, 0.25) is 0 Å². The number of amidine groups is 1. The molecule has 2 fully saturated rings. The van der Waals surface area contributed by atoms with Crippen molar-refractivity contribution >= 4 is 5.84 Å². The van der Waals surface area contributed by atoms with Crippen LogP contribution in [0.5, 0.6) is 0 Å². The second kappa shape index (κ2) is 4.09. The minimum atomic E-state index is 0.600. The van der Waals surface area contributed by atoms with Gasteiger partial charge >= 0.3 is 0 Å². The number of hydrogen-bond acceptors (Lipinski definition) is 2.